The number of aliphatic carboxylic acids is 1. The Labute approximate surface area is 112 Å². The van der Waals surface area contributed by atoms with Crippen molar-refractivity contribution in [3.05, 3.63) is 29.6 Å². The molecule has 1 aromatic rings. The van der Waals surface area contributed by atoms with Gasteiger partial charge in [-0.3, -0.25) is 9.78 Å². The van der Waals surface area contributed by atoms with E-state index in [1.807, 2.05) is 19.1 Å². The zero-order chi connectivity index (χ0) is 13.8. The molecule has 1 aliphatic heterocycles. The van der Waals surface area contributed by atoms with E-state index in [2.05, 4.69) is 4.98 Å². The Morgan fingerprint density at radius 3 is 2.95 bits per heavy atom. The maximum absolute atomic E-state index is 12.3. The lowest BCUT2D eigenvalue weighted by Gasteiger charge is -2.33. The Bertz CT molecular complexity index is 487. The molecule has 1 atom stereocenters. The number of pyridine rings is 1. The molecule has 1 aliphatic rings. The Hall–Kier alpha value is -1.91. The van der Waals surface area contributed by atoms with Crippen LogP contribution >= 0.6 is 0 Å². The van der Waals surface area contributed by atoms with Crippen molar-refractivity contribution in [2.75, 3.05) is 6.54 Å². The molecule has 5 heteroatoms. The Morgan fingerprint density at radius 1 is 1.47 bits per heavy atom. The van der Waals surface area contributed by atoms with Crippen molar-refractivity contribution in [3.63, 3.8) is 0 Å². The molecule has 0 spiro atoms. The van der Waals surface area contributed by atoms with Gasteiger partial charge < -0.3 is 10.0 Å². The van der Waals surface area contributed by atoms with E-state index in [1.165, 1.54) is 4.90 Å². The third-order valence-electron chi connectivity index (χ3n) is 3.54. The highest BCUT2D eigenvalue weighted by Crippen LogP contribution is 2.18. The number of hydrogen-bond acceptors (Lipinski definition) is 3. The molecule has 5 nitrogen and oxygen atoms in total. The molecule has 0 aromatic carbocycles. The van der Waals surface area contributed by atoms with Crippen molar-refractivity contribution in [1.82, 2.24) is 9.88 Å². The third-order valence-corrected chi connectivity index (χ3v) is 3.54. The van der Waals surface area contributed by atoms with E-state index in [-0.39, 0.29) is 12.3 Å². The van der Waals surface area contributed by atoms with E-state index < -0.39 is 12.0 Å². The Balaban J connectivity index is 2.10. The lowest BCUT2D eigenvalue weighted by atomic mass is 10.0. The van der Waals surface area contributed by atoms with Gasteiger partial charge in [0.15, 0.2) is 0 Å². The number of carbonyl (C=O) groups is 2. The predicted octanol–water partition coefficient (Wildman–Crippen LogP) is 1.40. The van der Waals surface area contributed by atoms with Crippen molar-refractivity contribution in [1.29, 1.82) is 0 Å². The van der Waals surface area contributed by atoms with E-state index in [0.29, 0.717) is 13.0 Å². The minimum Gasteiger partial charge on any atom is -0.480 e. The number of hydrogen-bond donors (Lipinski definition) is 1. The highest BCUT2D eigenvalue weighted by atomic mass is 16.4. The zero-order valence-corrected chi connectivity index (χ0v) is 11.0. The monoisotopic (exact) mass is 262 g/mol. The van der Waals surface area contributed by atoms with Crippen molar-refractivity contribution >= 4 is 11.9 Å². The van der Waals surface area contributed by atoms with Gasteiger partial charge in [0.25, 0.3) is 0 Å². The van der Waals surface area contributed by atoms with Crippen LogP contribution in [0.5, 0.6) is 0 Å². The van der Waals surface area contributed by atoms with E-state index >= 15 is 0 Å². The molecule has 19 heavy (non-hydrogen) atoms. The number of aromatic nitrogens is 1. The van der Waals surface area contributed by atoms with E-state index in [0.717, 1.165) is 24.1 Å². The van der Waals surface area contributed by atoms with Crippen LogP contribution < -0.4 is 0 Å². The average Bonchev–Trinajstić information content (AvgIpc) is 2.41. The van der Waals surface area contributed by atoms with E-state index in [1.54, 1.807) is 6.20 Å². The summed E-state index contributed by atoms with van der Waals surface area (Å²) in [5.74, 6) is -1.06. The highest BCUT2D eigenvalue weighted by molar-refractivity contribution is 5.85. The smallest absolute Gasteiger partial charge is 0.326 e. The van der Waals surface area contributed by atoms with Gasteiger partial charge in [0.05, 0.1) is 12.1 Å². The molecule has 0 unspecified atom stereocenters. The molecular weight excluding hydrogens is 244 g/mol. The maximum Gasteiger partial charge on any atom is 0.326 e. The van der Waals surface area contributed by atoms with Crippen LogP contribution in [0.4, 0.5) is 0 Å². The van der Waals surface area contributed by atoms with Crippen LogP contribution in [0, 0.1) is 6.92 Å². The van der Waals surface area contributed by atoms with Gasteiger partial charge in [0, 0.05) is 12.7 Å². The second kappa shape index (κ2) is 5.82. The number of rotatable bonds is 3. The summed E-state index contributed by atoms with van der Waals surface area (Å²) in [6.45, 7) is 2.43. The summed E-state index contributed by atoms with van der Waals surface area (Å²) in [6.07, 6.45) is 4.11. The first-order chi connectivity index (χ1) is 9.09. The largest absolute Gasteiger partial charge is 0.480 e. The van der Waals surface area contributed by atoms with Crippen molar-refractivity contribution in [3.8, 4) is 0 Å². The summed E-state index contributed by atoms with van der Waals surface area (Å²) in [6, 6.07) is 3.05. The highest BCUT2D eigenvalue weighted by Gasteiger charge is 2.31. The number of aryl methyl sites for hydroxylation is 1. The number of nitrogens with zero attached hydrogens (tertiary/aromatic N) is 2. The van der Waals surface area contributed by atoms with Crippen LogP contribution in [0.1, 0.15) is 30.5 Å². The molecule has 1 aromatic heterocycles. The molecule has 2 rings (SSSR count). The lowest BCUT2D eigenvalue weighted by molar-refractivity contribution is -0.151. The standard InChI is InChI=1S/C14H18N2O3/c1-10-5-4-7-15-11(10)9-13(17)16-8-3-2-6-12(16)14(18)19/h4-5,7,12H,2-3,6,8-9H2,1H3,(H,18,19)/t12-/m1/s1. The topological polar surface area (TPSA) is 70.5 Å². The first kappa shape index (κ1) is 13.5. The predicted molar refractivity (Wildman–Crippen MR) is 69.7 cm³/mol. The Morgan fingerprint density at radius 2 is 2.26 bits per heavy atom. The summed E-state index contributed by atoms with van der Waals surface area (Å²) in [7, 11) is 0. The second-order valence-corrected chi connectivity index (χ2v) is 4.88. The van der Waals surface area contributed by atoms with E-state index in [4.69, 9.17) is 5.11 Å². The number of carboxylic acid groups (broad SMARTS) is 1. The minimum absolute atomic E-state index is 0.145. The van der Waals surface area contributed by atoms with Crippen molar-refractivity contribution in [2.24, 2.45) is 0 Å². The fourth-order valence-corrected chi connectivity index (χ4v) is 2.44. The van der Waals surface area contributed by atoms with Crippen LogP contribution in [-0.2, 0) is 16.0 Å². The molecule has 0 aliphatic carbocycles. The Kier molecular flexibility index (Phi) is 4.14. The number of amides is 1. The second-order valence-electron chi connectivity index (χ2n) is 4.88. The van der Waals surface area contributed by atoms with Crippen molar-refractivity contribution < 1.29 is 14.7 Å². The molecular formula is C14H18N2O3. The molecule has 1 fully saturated rings. The number of piperidine rings is 1. The maximum atomic E-state index is 12.3. The normalized spacial score (nSPS) is 19.2. The van der Waals surface area contributed by atoms with Crippen LogP contribution in [0.3, 0.4) is 0 Å². The number of carboxylic acids is 1. The summed E-state index contributed by atoms with van der Waals surface area (Å²) < 4.78 is 0. The molecule has 0 bridgehead atoms. The van der Waals surface area contributed by atoms with Gasteiger partial charge in [0.1, 0.15) is 6.04 Å². The average molecular weight is 262 g/mol. The number of carbonyl (C=O) groups excluding carboxylic acids is 1. The summed E-state index contributed by atoms with van der Waals surface area (Å²) in [4.78, 5) is 29.1. The van der Waals surface area contributed by atoms with E-state index in [9.17, 15) is 9.59 Å². The van der Waals surface area contributed by atoms with Crippen LogP contribution in [0.15, 0.2) is 18.3 Å². The van der Waals surface area contributed by atoms with Gasteiger partial charge in [-0.1, -0.05) is 6.07 Å². The number of likely N-dealkylation sites (tertiary alicyclic amines) is 1. The van der Waals surface area contributed by atoms with Crippen LogP contribution in [0.25, 0.3) is 0 Å². The summed E-state index contributed by atoms with van der Waals surface area (Å²) in [5.41, 5.74) is 1.68. The van der Waals surface area contributed by atoms with Gasteiger partial charge in [-0.15, -0.1) is 0 Å². The molecule has 0 radical (unpaired) electrons. The molecule has 102 valence electrons. The van der Waals surface area contributed by atoms with Gasteiger partial charge >= 0.3 is 5.97 Å². The lowest BCUT2D eigenvalue weighted by Crippen LogP contribution is -2.48. The minimum atomic E-state index is -0.911. The summed E-state index contributed by atoms with van der Waals surface area (Å²) >= 11 is 0. The molecule has 1 saturated heterocycles. The zero-order valence-electron chi connectivity index (χ0n) is 11.0. The summed E-state index contributed by atoms with van der Waals surface area (Å²) in [5, 5.41) is 9.17. The first-order valence-corrected chi connectivity index (χ1v) is 6.52. The molecule has 1 N–H and O–H groups in total. The fraction of sp³-hybridized carbons (Fsp3) is 0.500. The van der Waals surface area contributed by atoms with Gasteiger partial charge in [-0.2, -0.15) is 0 Å². The molecule has 2 heterocycles. The van der Waals surface area contributed by atoms with Gasteiger partial charge in [-0.05, 0) is 37.8 Å². The van der Waals surface area contributed by atoms with Gasteiger partial charge in [-0.25, -0.2) is 4.79 Å². The molecule has 1 amide bonds. The first-order valence-electron chi connectivity index (χ1n) is 6.52. The van der Waals surface area contributed by atoms with Crippen molar-refractivity contribution in [2.45, 2.75) is 38.6 Å². The third kappa shape index (κ3) is 3.10. The van der Waals surface area contributed by atoms with Gasteiger partial charge in [0.2, 0.25) is 5.91 Å². The van der Waals surface area contributed by atoms with Crippen LogP contribution in [0.2, 0.25) is 0 Å². The molecule has 0 saturated carbocycles. The SMILES string of the molecule is Cc1cccnc1CC(=O)N1CCCC[C@@H]1C(=O)O. The fourth-order valence-electron chi connectivity index (χ4n) is 2.44. The quantitative estimate of drug-likeness (QED) is 0.893. The van der Waals surface area contributed by atoms with Crippen LogP contribution in [-0.4, -0.2) is 39.5 Å².